The Hall–Kier alpha value is -1.04. The second-order valence-corrected chi connectivity index (χ2v) is 4.29. The number of amides is 1. The van der Waals surface area contributed by atoms with Crippen LogP contribution >= 0.6 is 11.9 Å². The Labute approximate surface area is 87.6 Å². The van der Waals surface area contributed by atoms with Gasteiger partial charge in [0, 0.05) is 10.5 Å². The summed E-state index contributed by atoms with van der Waals surface area (Å²) in [7, 11) is 3.89. The monoisotopic (exact) mass is 211 g/mol. The van der Waals surface area contributed by atoms with Gasteiger partial charge in [0.05, 0.1) is 0 Å². The lowest BCUT2D eigenvalue weighted by Gasteiger charge is -2.08. The molecule has 0 aromatic heterocycles. The summed E-state index contributed by atoms with van der Waals surface area (Å²) in [6.45, 7) is 0. The highest BCUT2D eigenvalue weighted by atomic mass is 32.2. The lowest BCUT2D eigenvalue weighted by molar-refractivity contribution is 0.0953. The van der Waals surface area contributed by atoms with E-state index in [0.29, 0.717) is 5.56 Å². The van der Waals surface area contributed by atoms with Crippen LogP contribution in [0.1, 0.15) is 10.4 Å². The number of nitrogens with zero attached hydrogens (tertiary/aromatic N) is 1. The van der Waals surface area contributed by atoms with Crippen LogP contribution in [0.2, 0.25) is 0 Å². The number of nitrogen functional groups attached to an aromatic ring is 1. The van der Waals surface area contributed by atoms with Gasteiger partial charge < -0.3 is 0 Å². The highest BCUT2D eigenvalue weighted by Gasteiger charge is 2.04. The molecule has 0 heterocycles. The SMILES string of the molecule is CN(C)Sc1cccc(C(=O)NN)c1. The minimum absolute atomic E-state index is 0.272. The van der Waals surface area contributed by atoms with Crippen molar-refractivity contribution in [3.63, 3.8) is 0 Å². The number of benzene rings is 1. The number of nitrogens with one attached hydrogen (secondary N) is 1. The Morgan fingerprint density at radius 3 is 2.79 bits per heavy atom. The van der Waals surface area contributed by atoms with E-state index in [1.54, 1.807) is 24.1 Å². The van der Waals surface area contributed by atoms with Crippen LogP contribution in [0.4, 0.5) is 0 Å². The van der Waals surface area contributed by atoms with Crippen LogP contribution in [0.3, 0.4) is 0 Å². The molecule has 0 radical (unpaired) electrons. The summed E-state index contributed by atoms with van der Waals surface area (Å²) in [5, 5.41) is 0. The number of carbonyl (C=O) groups excluding carboxylic acids is 1. The average Bonchev–Trinajstić information content (AvgIpc) is 2.16. The second-order valence-electron chi connectivity index (χ2n) is 2.90. The van der Waals surface area contributed by atoms with E-state index in [-0.39, 0.29) is 5.91 Å². The molecule has 0 fully saturated rings. The summed E-state index contributed by atoms with van der Waals surface area (Å²) in [6.07, 6.45) is 0. The van der Waals surface area contributed by atoms with Crippen LogP contribution in [0.25, 0.3) is 0 Å². The van der Waals surface area contributed by atoms with E-state index in [2.05, 4.69) is 5.43 Å². The number of hydrazine groups is 1. The molecule has 0 atom stereocenters. The molecule has 0 unspecified atom stereocenters. The first kappa shape index (κ1) is 11.0. The van der Waals surface area contributed by atoms with Crippen molar-refractivity contribution >= 4 is 17.9 Å². The van der Waals surface area contributed by atoms with Gasteiger partial charge in [-0.2, -0.15) is 0 Å². The quantitative estimate of drug-likeness (QED) is 0.337. The Kier molecular flexibility index (Phi) is 3.94. The number of hydrogen-bond acceptors (Lipinski definition) is 4. The Balaban J connectivity index is 2.84. The molecule has 14 heavy (non-hydrogen) atoms. The van der Waals surface area contributed by atoms with Crippen LogP contribution in [0.5, 0.6) is 0 Å². The predicted octanol–water partition coefficient (Wildman–Crippen LogP) is 0.859. The molecule has 0 aliphatic carbocycles. The number of rotatable bonds is 3. The molecule has 1 rings (SSSR count). The molecule has 1 amide bonds. The molecule has 4 nitrogen and oxygen atoms in total. The zero-order valence-corrected chi connectivity index (χ0v) is 8.97. The summed E-state index contributed by atoms with van der Waals surface area (Å²) in [6, 6.07) is 7.29. The summed E-state index contributed by atoms with van der Waals surface area (Å²) in [5.74, 6) is 4.77. The highest BCUT2D eigenvalue weighted by molar-refractivity contribution is 7.97. The van der Waals surface area contributed by atoms with E-state index in [9.17, 15) is 4.79 Å². The maximum Gasteiger partial charge on any atom is 0.265 e. The van der Waals surface area contributed by atoms with Crippen LogP contribution < -0.4 is 11.3 Å². The summed E-state index contributed by atoms with van der Waals surface area (Å²) in [4.78, 5) is 12.2. The maximum atomic E-state index is 11.2. The minimum atomic E-state index is -0.272. The van der Waals surface area contributed by atoms with Gasteiger partial charge in [-0.15, -0.1) is 0 Å². The highest BCUT2D eigenvalue weighted by Crippen LogP contribution is 2.20. The van der Waals surface area contributed by atoms with Crippen LogP contribution in [-0.4, -0.2) is 24.3 Å². The minimum Gasteiger partial charge on any atom is -0.290 e. The topological polar surface area (TPSA) is 58.4 Å². The summed E-state index contributed by atoms with van der Waals surface area (Å²) >= 11 is 1.55. The first-order chi connectivity index (χ1) is 6.63. The van der Waals surface area contributed by atoms with Crippen molar-refractivity contribution in [3.05, 3.63) is 29.8 Å². The van der Waals surface area contributed by atoms with Crippen molar-refractivity contribution in [1.82, 2.24) is 9.73 Å². The zero-order chi connectivity index (χ0) is 10.6. The van der Waals surface area contributed by atoms with Gasteiger partial charge in [-0.05, 0) is 44.2 Å². The molecular weight excluding hydrogens is 198 g/mol. The first-order valence-electron chi connectivity index (χ1n) is 4.10. The molecular formula is C9H13N3OS. The number of carbonyl (C=O) groups is 1. The number of nitrogens with two attached hydrogens (primary N) is 1. The van der Waals surface area contributed by atoms with Gasteiger partial charge >= 0.3 is 0 Å². The van der Waals surface area contributed by atoms with Crippen LogP contribution in [0, 0.1) is 0 Å². The Morgan fingerprint density at radius 1 is 1.50 bits per heavy atom. The lowest BCUT2D eigenvalue weighted by atomic mass is 10.2. The Bertz CT molecular complexity index is 328. The van der Waals surface area contributed by atoms with Crippen molar-refractivity contribution < 1.29 is 4.79 Å². The van der Waals surface area contributed by atoms with E-state index in [0.717, 1.165) is 4.90 Å². The lowest BCUT2D eigenvalue weighted by Crippen LogP contribution is -2.29. The predicted molar refractivity (Wildman–Crippen MR) is 57.6 cm³/mol. The third kappa shape index (κ3) is 3.02. The van der Waals surface area contributed by atoms with E-state index >= 15 is 0 Å². The molecule has 1 aromatic carbocycles. The summed E-state index contributed by atoms with van der Waals surface area (Å²) < 4.78 is 1.96. The van der Waals surface area contributed by atoms with Gasteiger partial charge in [0.2, 0.25) is 0 Å². The average molecular weight is 211 g/mol. The molecule has 0 bridgehead atoms. The molecule has 1 aromatic rings. The normalized spacial score (nSPS) is 10.3. The molecule has 0 aliphatic heterocycles. The molecule has 76 valence electrons. The number of hydrogen-bond donors (Lipinski definition) is 2. The zero-order valence-electron chi connectivity index (χ0n) is 8.15. The maximum absolute atomic E-state index is 11.2. The van der Waals surface area contributed by atoms with Crippen molar-refractivity contribution in [2.24, 2.45) is 5.84 Å². The molecule has 0 aliphatic rings. The molecule has 0 saturated heterocycles. The van der Waals surface area contributed by atoms with Gasteiger partial charge in [-0.25, -0.2) is 5.84 Å². The second kappa shape index (κ2) is 4.99. The van der Waals surface area contributed by atoms with Crippen molar-refractivity contribution in [3.8, 4) is 0 Å². The third-order valence-corrected chi connectivity index (χ3v) is 2.35. The van der Waals surface area contributed by atoms with Crippen molar-refractivity contribution in [1.29, 1.82) is 0 Å². The van der Waals surface area contributed by atoms with Crippen molar-refractivity contribution in [2.45, 2.75) is 4.90 Å². The van der Waals surface area contributed by atoms with Crippen molar-refractivity contribution in [2.75, 3.05) is 14.1 Å². The fourth-order valence-electron chi connectivity index (χ4n) is 0.988. The van der Waals surface area contributed by atoms with Gasteiger partial charge in [-0.1, -0.05) is 6.07 Å². The van der Waals surface area contributed by atoms with E-state index < -0.39 is 0 Å². The van der Waals surface area contributed by atoms with Gasteiger partial charge in [0.15, 0.2) is 0 Å². The largest absolute Gasteiger partial charge is 0.290 e. The Morgan fingerprint density at radius 2 is 2.21 bits per heavy atom. The van der Waals surface area contributed by atoms with Gasteiger partial charge in [0.1, 0.15) is 0 Å². The fourth-order valence-corrected chi connectivity index (χ4v) is 1.73. The third-order valence-electron chi connectivity index (χ3n) is 1.52. The molecule has 0 spiro atoms. The smallest absolute Gasteiger partial charge is 0.265 e. The van der Waals surface area contributed by atoms with E-state index in [4.69, 9.17) is 5.84 Å². The fraction of sp³-hybridized carbons (Fsp3) is 0.222. The molecule has 0 saturated carbocycles. The van der Waals surface area contributed by atoms with Crippen LogP contribution in [-0.2, 0) is 0 Å². The van der Waals surface area contributed by atoms with E-state index in [1.165, 1.54) is 0 Å². The van der Waals surface area contributed by atoms with Gasteiger partial charge in [-0.3, -0.25) is 14.5 Å². The summed E-state index contributed by atoms with van der Waals surface area (Å²) in [5.41, 5.74) is 2.67. The molecule has 3 N–H and O–H groups in total. The van der Waals surface area contributed by atoms with Gasteiger partial charge in [0.25, 0.3) is 5.91 Å². The first-order valence-corrected chi connectivity index (χ1v) is 4.87. The standard InChI is InChI=1S/C9H13N3OS/c1-12(2)14-8-5-3-4-7(6-8)9(13)11-10/h3-6H,10H2,1-2H3,(H,11,13). The van der Waals surface area contributed by atoms with Crippen LogP contribution in [0.15, 0.2) is 29.2 Å². The molecule has 5 heteroatoms. The van der Waals surface area contributed by atoms with E-state index in [1.807, 2.05) is 30.5 Å².